The fraction of sp³-hybridized carbons (Fsp3) is 0.562. The fourth-order valence-corrected chi connectivity index (χ4v) is 4.01. The zero-order chi connectivity index (χ0) is 15.0. The van der Waals surface area contributed by atoms with Gasteiger partial charge in [-0.25, -0.2) is 9.37 Å². The molecular weight excluding hydrogens is 355 g/mol. The number of rotatable bonds is 3. The van der Waals surface area contributed by atoms with E-state index >= 15 is 0 Å². The lowest BCUT2D eigenvalue weighted by Gasteiger charge is -2.37. The van der Waals surface area contributed by atoms with Gasteiger partial charge in [0.25, 0.3) is 0 Å². The molecule has 114 valence electrons. The van der Waals surface area contributed by atoms with Gasteiger partial charge in [0.1, 0.15) is 11.6 Å². The van der Waals surface area contributed by atoms with Gasteiger partial charge in [-0.3, -0.25) is 0 Å². The molecule has 0 radical (unpaired) electrons. The quantitative estimate of drug-likeness (QED) is 0.659. The van der Waals surface area contributed by atoms with E-state index in [0.29, 0.717) is 16.8 Å². The largest absolute Gasteiger partial charge is 0.322 e. The number of hydrogen-bond donors (Lipinski definition) is 0. The molecule has 1 fully saturated rings. The van der Waals surface area contributed by atoms with Crippen LogP contribution in [0.3, 0.4) is 0 Å². The molecule has 0 saturated heterocycles. The first kappa shape index (κ1) is 15.3. The predicted molar refractivity (Wildman–Crippen MR) is 88.5 cm³/mol. The van der Waals surface area contributed by atoms with Crippen LogP contribution in [0.1, 0.15) is 44.9 Å². The van der Waals surface area contributed by atoms with E-state index in [2.05, 4.69) is 32.4 Å². The Labute approximate surface area is 137 Å². The molecular formula is C16H19BrClFN2. The zero-order valence-corrected chi connectivity index (χ0v) is 14.5. The highest BCUT2D eigenvalue weighted by Crippen LogP contribution is 2.39. The second kappa shape index (κ2) is 5.88. The maximum Gasteiger partial charge on any atom is 0.139 e. The van der Waals surface area contributed by atoms with Crippen LogP contribution in [-0.4, -0.2) is 15.4 Å². The summed E-state index contributed by atoms with van der Waals surface area (Å²) in [6.45, 7) is 2.29. The number of nitrogens with zero attached hydrogens (tertiary/aromatic N) is 2. The van der Waals surface area contributed by atoms with Gasteiger partial charge in [0.15, 0.2) is 0 Å². The summed E-state index contributed by atoms with van der Waals surface area (Å²) in [5, 5.41) is 0. The van der Waals surface area contributed by atoms with Crippen LogP contribution in [0, 0.1) is 5.82 Å². The Hall–Kier alpha value is -0.610. The van der Waals surface area contributed by atoms with Crippen molar-refractivity contribution in [3.8, 4) is 0 Å². The summed E-state index contributed by atoms with van der Waals surface area (Å²) >= 11 is 9.24. The van der Waals surface area contributed by atoms with E-state index in [1.807, 2.05) is 6.07 Å². The summed E-state index contributed by atoms with van der Waals surface area (Å²) in [7, 11) is 0. The molecule has 3 rings (SSSR count). The van der Waals surface area contributed by atoms with Gasteiger partial charge in [0.05, 0.1) is 15.5 Å². The van der Waals surface area contributed by atoms with Crippen molar-refractivity contribution in [2.45, 2.75) is 51.0 Å². The zero-order valence-electron chi connectivity index (χ0n) is 12.1. The van der Waals surface area contributed by atoms with Gasteiger partial charge in [-0.1, -0.05) is 19.3 Å². The van der Waals surface area contributed by atoms with Crippen LogP contribution in [0.4, 0.5) is 4.39 Å². The van der Waals surface area contributed by atoms with Crippen molar-refractivity contribution in [3.05, 3.63) is 28.2 Å². The number of benzene rings is 1. The van der Waals surface area contributed by atoms with Crippen molar-refractivity contribution in [1.29, 1.82) is 0 Å². The third kappa shape index (κ3) is 2.72. The van der Waals surface area contributed by atoms with Crippen LogP contribution in [0.15, 0.2) is 16.6 Å². The Morgan fingerprint density at radius 1 is 1.33 bits per heavy atom. The Morgan fingerprint density at radius 3 is 2.71 bits per heavy atom. The topological polar surface area (TPSA) is 17.8 Å². The smallest absolute Gasteiger partial charge is 0.139 e. The summed E-state index contributed by atoms with van der Waals surface area (Å²) in [4.78, 5) is 4.64. The summed E-state index contributed by atoms with van der Waals surface area (Å²) in [6, 6.07) is 3.37. The molecule has 1 aromatic heterocycles. The molecule has 0 amide bonds. The number of alkyl halides is 1. The Balaban J connectivity index is 2.22. The summed E-state index contributed by atoms with van der Waals surface area (Å²) in [6.07, 6.45) is 6.76. The minimum absolute atomic E-state index is 0.0612. The monoisotopic (exact) mass is 372 g/mol. The summed E-state index contributed by atoms with van der Waals surface area (Å²) in [5.74, 6) is 1.24. The van der Waals surface area contributed by atoms with Crippen molar-refractivity contribution in [2.24, 2.45) is 0 Å². The van der Waals surface area contributed by atoms with Crippen LogP contribution >= 0.6 is 27.5 Å². The molecule has 5 heteroatoms. The third-order valence-electron chi connectivity index (χ3n) is 4.55. The maximum absolute atomic E-state index is 13.8. The number of halogens is 3. The van der Waals surface area contributed by atoms with Gasteiger partial charge in [-0.2, -0.15) is 0 Å². The second-order valence-electron chi connectivity index (χ2n) is 6.12. The molecule has 0 atom stereocenters. The summed E-state index contributed by atoms with van der Waals surface area (Å²) < 4.78 is 16.6. The minimum Gasteiger partial charge on any atom is -0.322 e. The lowest BCUT2D eigenvalue weighted by atomic mass is 9.82. The van der Waals surface area contributed by atoms with Gasteiger partial charge in [0.2, 0.25) is 0 Å². The highest BCUT2D eigenvalue weighted by atomic mass is 79.9. The first-order chi connectivity index (χ1) is 10.0. The van der Waals surface area contributed by atoms with Crippen molar-refractivity contribution in [1.82, 2.24) is 9.55 Å². The van der Waals surface area contributed by atoms with Crippen molar-refractivity contribution in [3.63, 3.8) is 0 Å². The van der Waals surface area contributed by atoms with Crippen LogP contribution in [0.5, 0.6) is 0 Å². The molecule has 0 unspecified atom stereocenters. The van der Waals surface area contributed by atoms with Gasteiger partial charge >= 0.3 is 0 Å². The van der Waals surface area contributed by atoms with Gasteiger partial charge in [-0.15, -0.1) is 11.6 Å². The lowest BCUT2D eigenvalue weighted by Crippen LogP contribution is -2.34. The van der Waals surface area contributed by atoms with Crippen molar-refractivity contribution in [2.75, 3.05) is 5.88 Å². The molecule has 1 aliphatic carbocycles. The molecule has 1 heterocycles. The Morgan fingerprint density at radius 2 is 2.05 bits per heavy atom. The molecule has 1 aliphatic rings. The van der Waals surface area contributed by atoms with Gasteiger partial charge in [-0.05, 0) is 41.8 Å². The lowest BCUT2D eigenvalue weighted by molar-refractivity contribution is 0.219. The number of aryl methyl sites for hydroxylation is 1. The van der Waals surface area contributed by atoms with E-state index in [1.165, 1.54) is 25.3 Å². The second-order valence-corrected chi connectivity index (χ2v) is 7.35. The van der Waals surface area contributed by atoms with Crippen LogP contribution in [-0.2, 0) is 12.0 Å². The van der Waals surface area contributed by atoms with E-state index in [0.717, 1.165) is 29.7 Å². The minimum atomic E-state index is -0.265. The first-order valence-corrected chi connectivity index (χ1v) is 8.81. The summed E-state index contributed by atoms with van der Waals surface area (Å²) in [5.41, 5.74) is 1.79. The van der Waals surface area contributed by atoms with Gasteiger partial charge < -0.3 is 4.57 Å². The van der Waals surface area contributed by atoms with Crippen molar-refractivity contribution >= 4 is 38.6 Å². The van der Waals surface area contributed by atoms with Crippen LogP contribution < -0.4 is 0 Å². The Kier molecular flexibility index (Phi) is 4.28. The van der Waals surface area contributed by atoms with Crippen molar-refractivity contribution < 1.29 is 4.39 Å². The molecule has 0 N–H and O–H groups in total. The normalized spacial score (nSPS) is 18.3. The molecule has 0 aliphatic heterocycles. The maximum atomic E-state index is 13.8. The molecule has 0 spiro atoms. The number of hydrogen-bond acceptors (Lipinski definition) is 1. The SMILES string of the molecule is CC1(n2c(CCCl)nc3cc(F)c(Br)cc32)CCCCC1. The standard InChI is InChI=1S/C16H19BrClFN2/c1-16(6-3-2-4-7-16)21-14-9-11(17)12(19)10-13(14)20-15(21)5-8-18/h9-10H,2-8H2,1H3. The van der Waals surface area contributed by atoms with E-state index in [1.54, 1.807) is 0 Å². The Bertz CT molecular complexity index is 662. The number of aromatic nitrogens is 2. The third-order valence-corrected chi connectivity index (χ3v) is 5.35. The molecule has 1 aromatic carbocycles. The number of imidazole rings is 1. The molecule has 2 nitrogen and oxygen atoms in total. The average Bonchev–Trinajstić information content (AvgIpc) is 2.78. The van der Waals surface area contributed by atoms with Gasteiger partial charge in [0, 0.05) is 23.9 Å². The average molecular weight is 374 g/mol. The fourth-order valence-electron chi connectivity index (χ4n) is 3.51. The van der Waals surface area contributed by atoms with E-state index in [-0.39, 0.29) is 11.4 Å². The van der Waals surface area contributed by atoms with E-state index < -0.39 is 0 Å². The first-order valence-electron chi connectivity index (χ1n) is 7.48. The van der Waals surface area contributed by atoms with Crippen LogP contribution in [0.2, 0.25) is 0 Å². The molecule has 0 bridgehead atoms. The predicted octanol–water partition coefficient (Wildman–Crippen LogP) is 5.40. The highest BCUT2D eigenvalue weighted by molar-refractivity contribution is 9.10. The van der Waals surface area contributed by atoms with E-state index in [9.17, 15) is 4.39 Å². The van der Waals surface area contributed by atoms with E-state index in [4.69, 9.17) is 11.6 Å². The number of fused-ring (bicyclic) bond motifs is 1. The molecule has 21 heavy (non-hydrogen) atoms. The molecule has 1 saturated carbocycles. The van der Waals surface area contributed by atoms with Crippen LogP contribution in [0.25, 0.3) is 11.0 Å². The highest BCUT2D eigenvalue weighted by Gasteiger charge is 2.32. The molecule has 2 aromatic rings.